The van der Waals surface area contributed by atoms with Crippen molar-refractivity contribution in [1.82, 2.24) is 4.98 Å². The van der Waals surface area contributed by atoms with Gasteiger partial charge >= 0.3 is 5.97 Å². The number of hydrogen-bond donors (Lipinski definition) is 1. The fraction of sp³-hybridized carbons (Fsp3) is 0.250. The smallest absolute Gasteiger partial charge is 0.356 e. The van der Waals surface area contributed by atoms with Crippen molar-refractivity contribution in [2.45, 2.75) is 20.4 Å². The van der Waals surface area contributed by atoms with Crippen molar-refractivity contribution in [3.63, 3.8) is 0 Å². The molecule has 0 aliphatic carbocycles. The van der Waals surface area contributed by atoms with Gasteiger partial charge in [-0.05, 0) is 42.7 Å². The minimum absolute atomic E-state index is 0.171. The van der Waals surface area contributed by atoms with Gasteiger partial charge in [0.05, 0.1) is 7.11 Å². The maximum absolute atomic E-state index is 13.6. The van der Waals surface area contributed by atoms with Gasteiger partial charge in [0.15, 0.2) is 0 Å². The average Bonchev–Trinajstić information content (AvgIpc) is 2.50. The highest BCUT2D eigenvalue weighted by molar-refractivity contribution is 5.88. The Morgan fingerprint density at radius 2 is 1.95 bits per heavy atom. The van der Waals surface area contributed by atoms with Crippen molar-refractivity contribution in [3.8, 4) is 0 Å². The van der Waals surface area contributed by atoms with Gasteiger partial charge in [0.1, 0.15) is 11.5 Å². The van der Waals surface area contributed by atoms with E-state index in [2.05, 4.69) is 15.0 Å². The van der Waals surface area contributed by atoms with E-state index in [1.54, 1.807) is 38.1 Å². The summed E-state index contributed by atoms with van der Waals surface area (Å²) in [6, 6.07) is 6.99. The van der Waals surface area contributed by atoms with E-state index in [0.29, 0.717) is 17.7 Å². The minimum Gasteiger partial charge on any atom is -0.464 e. The predicted molar refractivity (Wildman–Crippen MR) is 78.8 cm³/mol. The lowest BCUT2D eigenvalue weighted by Crippen LogP contribution is -2.06. The molecule has 0 aliphatic heterocycles. The molecule has 0 aliphatic rings. The van der Waals surface area contributed by atoms with Crippen molar-refractivity contribution < 1.29 is 13.9 Å². The summed E-state index contributed by atoms with van der Waals surface area (Å²) >= 11 is 0. The lowest BCUT2D eigenvalue weighted by molar-refractivity contribution is 0.0594. The number of anilines is 1. The zero-order valence-electron chi connectivity index (χ0n) is 12.2. The van der Waals surface area contributed by atoms with Crippen molar-refractivity contribution in [1.29, 1.82) is 0 Å². The summed E-state index contributed by atoms with van der Waals surface area (Å²) in [5.41, 5.74) is 3.22. The summed E-state index contributed by atoms with van der Waals surface area (Å²) in [6.07, 6.45) is 1.54. The van der Waals surface area contributed by atoms with Crippen LogP contribution in [0.5, 0.6) is 0 Å². The van der Waals surface area contributed by atoms with Crippen molar-refractivity contribution >= 4 is 11.7 Å². The third-order valence-electron chi connectivity index (χ3n) is 3.15. The second-order valence-electron chi connectivity index (χ2n) is 4.82. The van der Waals surface area contributed by atoms with Gasteiger partial charge < -0.3 is 10.1 Å². The normalized spacial score (nSPS) is 10.3. The van der Waals surface area contributed by atoms with Crippen LogP contribution in [0.2, 0.25) is 0 Å². The number of nitrogens with zero attached hydrogens (tertiary/aromatic N) is 1. The Hall–Kier alpha value is -2.43. The number of rotatable bonds is 4. The molecule has 2 rings (SSSR count). The number of benzene rings is 1. The SMILES string of the molecule is COC(=O)c1cc(NCc2cc(C)c(F)c(C)c2)ccn1. The maximum Gasteiger partial charge on any atom is 0.356 e. The van der Waals surface area contributed by atoms with Crippen LogP contribution in [0, 0.1) is 19.7 Å². The molecule has 0 atom stereocenters. The van der Waals surface area contributed by atoms with E-state index in [4.69, 9.17) is 0 Å². The van der Waals surface area contributed by atoms with Gasteiger partial charge in [-0.2, -0.15) is 0 Å². The molecule has 1 aromatic heterocycles. The highest BCUT2D eigenvalue weighted by atomic mass is 19.1. The number of aryl methyl sites for hydroxylation is 2. The number of esters is 1. The molecule has 0 spiro atoms. The lowest BCUT2D eigenvalue weighted by Gasteiger charge is -2.10. The molecule has 5 heteroatoms. The van der Waals surface area contributed by atoms with E-state index >= 15 is 0 Å². The largest absolute Gasteiger partial charge is 0.464 e. The maximum atomic E-state index is 13.6. The van der Waals surface area contributed by atoms with Gasteiger partial charge in [-0.25, -0.2) is 14.2 Å². The molecule has 0 unspecified atom stereocenters. The second kappa shape index (κ2) is 6.35. The summed E-state index contributed by atoms with van der Waals surface area (Å²) in [7, 11) is 1.31. The molecule has 1 N–H and O–H groups in total. The molecule has 1 aromatic carbocycles. The van der Waals surface area contributed by atoms with Crippen LogP contribution in [0.4, 0.5) is 10.1 Å². The van der Waals surface area contributed by atoms with Crippen LogP contribution < -0.4 is 5.32 Å². The summed E-state index contributed by atoms with van der Waals surface area (Å²) < 4.78 is 18.2. The molecule has 0 bridgehead atoms. The summed E-state index contributed by atoms with van der Waals surface area (Å²) in [4.78, 5) is 15.4. The molecule has 110 valence electrons. The van der Waals surface area contributed by atoms with Crippen molar-refractivity contribution in [2.75, 3.05) is 12.4 Å². The second-order valence-corrected chi connectivity index (χ2v) is 4.82. The molecular weight excluding hydrogens is 271 g/mol. The van der Waals surface area contributed by atoms with Crippen molar-refractivity contribution in [2.24, 2.45) is 0 Å². The number of carbonyl (C=O) groups is 1. The first-order valence-corrected chi connectivity index (χ1v) is 6.55. The number of carbonyl (C=O) groups excluding carboxylic acids is 1. The van der Waals surface area contributed by atoms with Crippen LogP contribution in [-0.4, -0.2) is 18.1 Å². The van der Waals surface area contributed by atoms with E-state index in [9.17, 15) is 9.18 Å². The molecule has 2 aromatic rings. The lowest BCUT2D eigenvalue weighted by atomic mass is 10.1. The van der Waals surface area contributed by atoms with Gasteiger partial charge in [-0.3, -0.25) is 0 Å². The highest BCUT2D eigenvalue weighted by Crippen LogP contribution is 2.16. The third-order valence-corrected chi connectivity index (χ3v) is 3.15. The number of aromatic nitrogens is 1. The van der Waals surface area contributed by atoms with Crippen molar-refractivity contribution in [3.05, 3.63) is 58.7 Å². The molecule has 0 saturated carbocycles. The van der Waals surface area contributed by atoms with Gasteiger partial charge in [0, 0.05) is 18.4 Å². The van der Waals surface area contributed by atoms with Gasteiger partial charge in [0.25, 0.3) is 0 Å². The first kappa shape index (κ1) is 15.0. The molecular formula is C16H17FN2O2. The molecule has 0 amide bonds. The van der Waals surface area contributed by atoms with E-state index in [-0.39, 0.29) is 11.5 Å². The fourth-order valence-electron chi connectivity index (χ4n) is 2.10. The standard InChI is InChI=1S/C16H17FN2O2/c1-10-6-12(7-11(2)15(10)17)9-19-13-4-5-18-14(8-13)16(20)21-3/h4-8H,9H2,1-3H3,(H,18,19). The van der Waals surface area contributed by atoms with Gasteiger partial charge in [0.2, 0.25) is 0 Å². The topological polar surface area (TPSA) is 51.2 Å². The number of hydrogen-bond acceptors (Lipinski definition) is 4. The highest BCUT2D eigenvalue weighted by Gasteiger charge is 2.08. The number of methoxy groups -OCH3 is 1. The van der Waals surface area contributed by atoms with Crippen LogP contribution in [-0.2, 0) is 11.3 Å². The molecule has 0 radical (unpaired) electrons. The van der Waals surface area contributed by atoms with Gasteiger partial charge in [-0.1, -0.05) is 12.1 Å². The zero-order chi connectivity index (χ0) is 15.4. The fourth-order valence-corrected chi connectivity index (χ4v) is 2.10. The Morgan fingerprint density at radius 3 is 2.57 bits per heavy atom. The summed E-state index contributed by atoms with van der Waals surface area (Å²) in [6.45, 7) is 4.02. The Morgan fingerprint density at radius 1 is 1.29 bits per heavy atom. The number of halogens is 1. The molecule has 0 fully saturated rings. The van der Waals surface area contributed by atoms with E-state index < -0.39 is 5.97 Å². The Labute approximate surface area is 123 Å². The Balaban J connectivity index is 2.11. The number of nitrogens with one attached hydrogen (secondary N) is 1. The zero-order valence-corrected chi connectivity index (χ0v) is 12.2. The van der Waals surface area contributed by atoms with Crippen LogP contribution in [0.1, 0.15) is 27.2 Å². The molecule has 1 heterocycles. The quantitative estimate of drug-likeness (QED) is 0.878. The monoisotopic (exact) mass is 288 g/mol. The molecule has 0 saturated heterocycles. The van der Waals surface area contributed by atoms with E-state index in [1.807, 2.05) is 0 Å². The number of pyridine rings is 1. The summed E-state index contributed by atoms with van der Waals surface area (Å²) in [5, 5.41) is 3.18. The minimum atomic E-state index is -0.480. The molecule has 4 nitrogen and oxygen atoms in total. The Kier molecular flexibility index (Phi) is 4.52. The van der Waals surface area contributed by atoms with Crippen LogP contribution >= 0.6 is 0 Å². The number of ether oxygens (including phenoxy) is 1. The average molecular weight is 288 g/mol. The van der Waals surface area contributed by atoms with Crippen LogP contribution in [0.25, 0.3) is 0 Å². The third kappa shape index (κ3) is 3.56. The first-order valence-electron chi connectivity index (χ1n) is 6.55. The first-order chi connectivity index (χ1) is 10.0. The van der Waals surface area contributed by atoms with Gasteiger partial charge in [-0.15, -0.1) is 0 Å². The van der Waals surface area contributed by atoms with Crippen LogP contribution in [0.3, 0.4) is 0 Å². The van der Waals surface area contributed by atoms with Crippen LogP contribution in [0.15, 0.2) is 30.5 Å². The summed E-state index contributed by atoms with van der Waals surface area (Å²) in [5.74, 6) is -0.650. The molecule has 21 heavy (non-hydrogen) atoms. The Bertz CT molecular complexity index is 648. The van der Waals surface area contributed by atoms with E-state index in [0.717, 1.165) is 11.3 Å². The predicted octanol–water partition coefficient (Wildman–Crippen LogP) is 3.24. The van der Waals surface area contributed by atoms with E-state index in [1.165, 1.54) is 13.3 Å².